The molecule has 0 bridgehead atoms. The number of ether oxygens (including phenoxy) is 1. The Kier molecular flexibility index (Phi) is 5.11. The number of aryl methyl sites for hydroxylation is 1. The smallest absolute Gasteiger partial charge is 0.409 e. The van der Waals surface area contributed by atoms with Gasteiger partial charge in [-0.1, -0.05) is 13.8 Å². The predicted molar refractivity (Wildman–Crippen MR) is 97.1 cm³/mol. The van der Waals surface area contributed by atoms with Crippen molar-refractivity contribution in [3.05, 3.63) is 23.5 Å². The molecule has 3 heterocycles. The van der Waals surface area contributed by atoms with E-state index in [1.165, 1.54) is 0 Å². The first-order valence-corrected chi connectivity index (χ1v) is 9.03. The third-order valence-corrected chi connectivity index (χ3v) is 4.53. The molecule has 1 aliphatic rings. The van der Waals surface area contributed by atoms with Crippen LogP contribution in [0.25, 0.3) is 5.65 Å². The van der Waals surface area contributed by atoms with Gasteiger partial charge in [-0.3, -0.25) is 0 Å². The highest BCUT2D eigenvalue weighted by atomic mass is 16.6. The molecule has 0 spiro atoms. The van der Waals surface area contributed by atoms with Crippen LogP contribution in [0.15, 0.2) is 12.1 Å². The Morgan fingerprint density at radius 3 is 2.72 bits per heavy atom. The highest BCUT2D eigenvalue weighted by molar-refractivity contribution is 5.67. The quantitative estimate of drug-likeness (QED) is 0.921. The monoisotopic (exact) mass is 345 g/mol. The van der Waals surface area contributed by atoms with Crippen molar-refractivity contribution in [1.29, 1.82) is 0 Å². The number of carbonyl (C=O) groups excluding carboxylic acids is 1. The minimum absolute atomic E-state index is 0.211. The maximum atomic E-state index is 11.8. The lowest BCUT2D eigenvalue weighted by molar-refractivity contribution is 0.0983. The van der Waals surface area contributed by atoms with Crippen molar-refractivity contribution >= 4 is 17.6 Å². The Balaban J connectivity index is 1.74. The Labute approximate surface area is 148 Å². The molecule has 7 heteroatoms. The van der Waals surface area contributed by atoms with Gasteiger partial charge < -0.3 is 15.0 Å². The summed E-state index contributed by atoms with van der Waals surface area (Å²) in [7, 11) is 0. The van der Waals surface area contributed by atoms with Gasteiger partial charge in [0.25, 0.3) is 0 Å². The third kappa shape index (κ3) is 3.86. The largest absolute Gasteiger partial charge is 0.450 e. The molecule has 0 radical (unpaired) electrons. The molecule has 7 nitrogen and oxygen atoms in total. The second-order valence-electron chi connectivity index (χ2n) is 6.88. The Morgan fingerprint density at radius 1 is 1.36 bits per heavy atom. The third-order valence-electron chi connectivity index (χ3n) is 4.53. The van der Waals surface area contributed by atoms with E-state index in [0.717, 1.165) is 35.7 Å². The molecule has 0 unspecified atom stereocenters. The molecule has 0 aromatic carbocycles. The van der Waals surface area contributed by atoms with E-state index < -0.39 is 0 Å². The van der Waals surface area contributed by atoms with Crippen LogP contribution < -0.4 is 5.32 Å². The van der Waals surface area contributed by atoms with Crippen molar-refractivity contribution in [2.75, 3.05) is 25.0 Å². The number of carbonyl (C=O) groups is 1. The number of rotatable bonds is 4. The van der Waals surface area contributed by atoms with Gasteiger partial charge in [-0.2, -0.15) is 9.61 Å². The van der Waals surface area contributed by atoms with Crippen LogP contribution in [0.1, 0.15) is 50.9 Å². The van der Waals surface area contributed by atoms with Crippen LogP contribution in [0.3, 0.4) is 0 Å². The van der Waals surface area contributed by atoms with Crippen LogP contribution in [0.5, 0.6) is 0 Å². The summed E-state index contributed by atoms with van der Waals surface area (Å²) in [6.45, 7) is 9.93. The maximum Gasteiger partial charge on any atom is 0.409 e. The Bertz CT molecular complexity index is 747. The molecule has 3 rings (SSSR count). The predicted octanol–water partition coefficient (Wildman–Crippen LogP) is 3.19. The topological polar surface area (TPSA) is 71.8 Å². The van der Waals surface area contributed by atoms with Crippen LogP contribution in [0, 0.1) is 6.92 Å². The van der Waals surface area contributed by atoms with Crippen molar-refractivity contribution < 1.29 is 9.53 Å². The van der Waals surface area contributed by atoms with Crippen LogP contribution in [0.4, 0.5) is 10.6 Å². The van der Waals surface area contributed by atoms with Gasteiger partial charge in [0.1, 0.15) is 5.82 Å². The number of amides is 1. The van der Waals surface area contributed by atoms with Crippen LogP contribution >= 0.6 is 0 Å². The fourth-order valence-electron chi connectivity index (χ4n) is 3.14. The molecule has 1 saturated heterocycles. The van der Waals surface area contributed by atoms with Gasteiger partial charge in [-0.25, -0.2) is 9.78 Å². The highest BCUT2D eigenvalue weighted by Crippen LogP contribution is 2.22. The van der Waals surface area contributed by atoms with Gasteiger partial charge in [-0.15, -0.1) is 0 Å². The molecule has 2 aromatic rings. The lowest BCUT2D eigenvalue weighted by atomic mass is 10.1. The maximum absolute atomic E-state index is 11.8. The van der Waals surface area contributed by atoms with E-state index in [1.54, 1.807) is 4.90 Å². The summed E-state index contributed by atoms with van der Waals surface area (Å²) in [6, 6.07) is 4.39. The summed E-state index contributed by atoms with van der Waals surface area (Å²) in [5.41, 5.74) is 2.88. The zero-order valence-corrected chi connectivity index (χ0v) is 15.5. The Hall–Kier alpha value is -2.31. The molecule has 1 N–H and O–H groups in total. The second-order valence-corrected chi connectivity index (χ2v) is 6.88. The molecule has 1 aliphatic heterocycles. The lowest BCUT2D eigenvalue weighted by Gasteiger charge is -2.32. The van der Waals surface area contributed by atoms with Crippen LogP contribution in [0.2, 0.25) is 0 Å². The SMILES string of the molecule is CCOC(=O)N1CCC(Nc2cc(C(C)C)nc3cc(C)nn23)CC1. The summed E-state index contributed by atoms with van der Waals surface area (Å²) < 4.78 is 6.96. The van der Waals surface area contributed by atoms with Gasteiger partial charge in [0.2, 0.25) is 0 Å². The average molecular weight is 345 g/mol. The number of piperidine rings is 1. The van der Waals surface area contributed by atoms with Gasteiger partial charge in [0.05, 0.1) is 12.3 Å². The molecule has 136 valence electrons. The molecule has 2 aromatic heterocycles. The first kappa shape index (κ1) is 17.5. The molecular formula is C18H27N5O2. The number of anilines is 1. The second kappa shape index (κ2) is 7.29. The standard InChI is InChI=1S/C18H27N5O2/c1-5-25-18(24)22-8-6-14(7-9-22)19-17-11-15(12(2)3)20-16-10-13(4)21-23(16)17/h10-12,14,19H,5-9H2,1-4H3. The molecular weight excluding hydrogens is 318 g/mol. The van der Waals surface area contributed by atoms with Crippen molar-refractivity contribution in [3.63, 3.8) is 0 Å². The number of likely N-dealkylation sites (tertiary alicyclic amines) is 1. The summed E-state index contributed by atoms with van der Waals surface area (Å²) in [6.07, 6.45) is 1.57. The Morgan fingerprint density at radius 2 is 2.08 bits per heavy atom. The molecule has 1 amide bonds. The van der Waals surface area contributed by atoms with Gasteiger partial charge >= 0.3 is 6.09 Å². The van der Waals surface area contributed by atoms with Crippen LogP contribution in [-0.4, -0.2) is 51.3 Å². The fourth-order valence-corrected chi connectivity index (χ4v) is 3.14. The molecule has 0 aliphatic carbocycles. The van der Waals surface area contributed by atoms with E-state index >= 15 is 0 Å². The van der Waals surface area contributed by atoms with Crippen LogP contribution in [-0.2, 0) is 4.74 Å². The summed E-state index contributed by atoms with van der Waals surface area (Å²) in [5.74, 6) is 1.32. The van der Waals surface area contributed by atoms with Crippen molar-refractivity contribution in [2.45, 2.75) is 52.5 Å². The lowest BCUT2D eigenvalue weighted by Crippen LogP contribution is -2.42. The van der Waals surface area contributed by atoms with E-state index in [1.807, 2.05) is 24.4 Å². The molecule has 1 fully saturated rings. The molecule has 0 atom stereocenters. The summed E-state index contributed by atoms with van der Waals surface area (Å²) >= 11 is 0. The van der Waals surface area contributed by atoms with Crippen molar-refractivity contribution in [2.24, 2.45) is 0 Å². The van der Waals surface area contributed by atoms with Crippen molar-refractivity contribution in [3.8, 4) is 0 Å². The highest BCUT2D eigenvalue weighted by Gasteiger charge is 2.24. The fraction of sp³-hybridized carbons (Fsp3) is 0.611. The van der Waals surface area contributed by atoms with E-state index in [-0.39, 0.29) is 6.09 Å². The zero-order chi connectivity index (χ0) is 18.0. The zero-order valence-electron chi connectivity index (χ0n) is 15.5. The number of fused-ring (bicyclic) bond motifs is 1. The van der Waals surface area contributed by atoms with E-state index in [9.17, 15) is 4.79 Å². The summed E-state index contributed by atoms with van der Waals surface area (Å²) in [5, 5.41) is 8.16. The molecule has 25 heavy (non-hydrogen) atoms. The minimum atomic E-state index is -0.211. The number of hydrogen-bond acceptors (Lipinski definition) is 5. The van der Waals surface area contributed by atoms with Gasteiger partial charge in [0, 0.05) is 37.0 Å². The van der Waals surface area contributed by atoms with Gasteiger partial charge in [0.15, 0.2) is 5.65 Å². The minimum Gasteiger partial charge on any atom is -0.450 e. The first-order chi connectivity index (χ1) is 12.0. The molecule has 0 saturated carbocycles. The summed E-state index contributed by atoms with van der Waals surface area (Å²) in [4.78, 5) is 18.3. The van der Waals surface area contributed by atoms with E-state index in [2.05, 4.69) is 30.3 Å². The van der Waals surface area contributed by atoms with E-state index in [4.69, 9.17) is 9.72 Å². The first-order valence-electron chi connectivity index (χ1n) is 9.03. The van der Waals surface area contributed by atoms with E-state index in [0.29, 0.717) is 31.7 Å². The number of nitrogens with zero attached hydrogens (tertiary/aromatic N) is 4. The number of aromatic nitrogens is 3. The number of nitrogens with one attached hydrogen (secondary N) is 1. The van der Waals surface area contributed by atoms with Crippen molar-refractivity contribution in [1.82, 2.24) is 19.5 Å². The van der Waals surface area contributed by atoms with Gasteiger partial charge in [-0.05, 0) is 32.6 Å². The average Bonchev–Trinajstić information content (AvgIpc) is 2.96. The normalized spacial score (nSPS) is 15.8. The number of hydrogen-bond donors (Lipinski definition) is 1.